The number of fused-ring (bicyclic) bond motifs is 2. The molecule has 54 valence electrons. The van der Waals surface area contributed by atoms with Gasteiger partial charge in [-0.3, -0.25) is 0 Å². The van der Waals surface area contributed by atoms with Gasteiger partial charge in [0.1, 0.15) is 0 Å². The Balaban J connectivity index is 2.17. The highest BCUT2D eigenvalue weighted by Crippen LogP contribution is 2.43. The molecule has 0 nitrogen and oxygen atoms in total. The fourth-order valence-corrected chi connectivity index (χ4v) is 2.26. The zero-order valence-corrected chi connectivity index (χ0v) is 6.51. The summed E-state index contributed by atoms with van der Waals surface area (Å²) in [6.45, 7) is 2.10. The van der Waals surface area contributed by atoms with Gasteiger partial charge in [-0.1, -0.05) is 18.2 Å². The van der Waals surface area contributed by atoms with Crippen LogP contribution in [0.1, 0.15) is 26.2 Å². The molecule has 0 unspecified atom stereocenters. The van der Waals surface area contributed by atoms with Crippen LogP contribution >= 0.6 is 0 Å². The van der Waals surface area contributed by atoms with Crippen LogP contribution in [-0.4, -0.2) is 0 Å². The Hall–Kier alpha value is -0.520. The number of hydrogen-bond acceptors (Lipinski definition) is 0. The molecule has 0 amide bonds. The average molecular weight is 134 g/mol. The minimum Gasteiger partial charge on any atom is -0.0874 e. The van der Waals surface area contributed by atoms with Crippen LogP contribution in [0.2, 0.25) is 0 Å². The number of allylic oxidation sites excluding steroid dienone is 4. The van der Waals surface area contributed by atoms with Gasteiger partial charge in [0.2, 0.25) is 0 Å². The lowest BCUT2D eigenvalue weighted by atomic mass is 9.98. The Morgan fingerprint density at radius 1 is 1.50 bits per heavy atom. The fourth-order valence-electron chi connectivity index (χ4n) is 2.26. The van der Waals surface area contributed by atoms with Crippen LogP contribution in [-0.2, 0) is 0 Å². The lowest BCUT2D eigenvalue weighted by Crippen LogP contribution is -1.93. The van der Waals surface area contributed by atoms with Crippen LogP contribution in [0.5, 0.6) is 0 Å². The molecule has 0 radical (unpaired) electrons. The van der Waals surface area contributed by atoms with Crippen LogP contribution in [0, 0.1) is 11.8 Å². The van der Waals surface area contributed by atoms with Crippen molar-refractivity contribution in [2.24, 2.45) is 11.8 Å². The fraction of sp³-hybridized carbons (Fsp3) is 0.600. The van der Waals surface area contributed by atoms with Gasteiger partial charge in [0.05, 0.1) is 0 Å². The van der Waals surface area contributed by atoms with Gasteiger partial charge in [0, 0.05) is 0 Å². The predicted octanol–water partition coefficient (Wildman–Crippen LogP) is 2.92. The van der Waals surface area contributed by atoms with Gasteiger partial charge < -0.3 is 0 Å². The van der Waals surface area contributed by atoms with Gasteiger partial charge in [-0.15, -0.1) is 0 Å². The van der Waals surface area contributed by atoms with Crippen molar-refractivity contribution in [1.29, 1.82) is 0 Å². The van der Waals surface area contributed by atoms with Gasteiger partial charge >= 0.3 is 0 Å². The van der Waals surface area contributed by atoms with Gasteiger partial charge in [-0.25, -0.2) is 0 Å². The first-order valence-corrected chi connectivity index (χ1v) is 4.24. The molecule has 0 N–H and O–H groups in total. The largest absolute Gasteiger partial charge is 0.0874 e. The van der Waals surface area contributed by atoms with Crippen LogP contribution in [0.15, 0.2) is 23.8 Å². The highest BCUT2D eigenvalue weighted by atomic mass is 14.4. The summed E-state index contributed by atoms with van der Waals surface area (Å²) in [6, 6.07) is 0. The van der Waals surface area contributed by atoms with E-state index in [-0.39, 0.29) is 0 Å². The Labute approximate surface area is 62.6 Å². The average Bonchev–Trinajstić information content (AvgIpc) is 2.48. The maximum Gasteiger partial charge on any atom is -0.0159 e. The van der Waals surface area contributed by atoms with E-state index < -0.39 is 0 Å². The monoisotopic (exact) mass is 134 g/mol. The molecule has 0 heteroatoms. The summed E-state index contributed by atoms with van der Waals surface area (Å²) in [7, 11) is 0. The molecule has 2 rings (SSSR count). The molecule has 2 bridgehead atoms. The summed E-state index contributed by atoms with van der Waals surface area (Å²) in [5.41, 5.74) is 1.61. The van der Waals surface area contributed by atoms with E-state index in [1.807, 2.05) is 0 Å². The standard InChI is InChI=1S/C10H14/c1-2-3-9-6-8-4-5-10(9)7-8/h2-3,6,8,10H,4-5,7H2,1H3/t8-,10+/m1/s1. The van der Waals surface area contributed by atoms with E-state index in [0.717, 1.165) is 11.8 Å². The first-order chi connectivity index (χ1) is 4.90. The smallest absolute Gasteiger partial charge is 0.0159 e. The van der Waals surface area contributed by atoms with Crippen LogP contribution in [0.3, 0.4) is 0 Å². The molecule has 2 aliphatic carbocycles. The van der Waals surface area contributed by atoms with E-state index in [1.165, 1.54) is 19.3 Å². The Morgan fingerprint density at radius 3 is 2.90 bits per heavy atom. The zero-order chi connectivity index (χ0) is 6.97. The topological polar surface area (TPSA) is 0 Å². The van der Waals surface area contributed by atoms with Crippen LogP contribution < -0.4 is 0 Å². The van der Waals surface area contributed by atoms with Gasteiger partial charge in [0.15, 0.2) is 0 Å². The summed E-state index contributed by atoms with van der Waals surface area (Å²) in [5, 5.41) is 0. The van der Waals surface area contributed by atoms with E-state index in [2.05, 4.69) is 25.2 Å². The maximum atomic E-state index is 2.47. The quantitative estimate of drug-likeness (QED) is 0.517. The van der Waals surface area contributed by atoms with Crippen LogP contribution in [0.4, 0.5) is 0 Å². The predicted molar refractivity (Wildman–Crippen MR) is 43.7 cm³/mol. The third kappa shape index (κ3) is 0.828. The minimum atomic E-state index is 0.932. The normalized spacial score (nSPS) is 37.5. The molecule has 10 heavy (non-hydrogen) atoms. The van der Waals surface area contributed by atoms with Crippen molar-refractivity contribution in [3.05, 3.63) is 23.8 Å². The van der Waals surface area contributed by atoms with Crippen molar-refractivity contribution in [1.82, 2.24) is 0 Å². The van der Waals surface area contributed by atoms with Crippen molar-refractivity contribution in [2.45, 2.75) is 26.2 Å². The first kappa shape index (κ1) is 6.21. The van der Waals surface area contributed by atoms with E-state index in [4.69, 9.17) is 0 Å². The second-order valence-electron chi connectivity index (χ2n) is 3.44. The molecule has 1 saturated carbocycles. The molecule has 2 aliphatic rings. The maximum absolute atomic E-state index is 2.47. The van der Waals surface area contributed by atoms with Crippen molar-refractivity contribution in [3.8, 4) is 0 Å². The van der Waals surface area contributed by atoms with Crippen molar-refractivity contribution in [3.63, 3.8) is 0 Å². The highest BCUT2D eigenvalue weighted by Gasteiger charge is 2.30. The van der Waals surface area contributed by atoms with E-state index in [9.17, 15) is 0 Å². The first-order valence-electron chi connectivity index (χ1n) is 4.24. The molecular formula is C10H14. The van der Waals surface area contributed by atoms with Crippen LogP contribution in [0.25, 0.3) is 0 Å². The molecule has 2 atom stereocenters. The third-order valence-electron chi connectivity index (χ3n) is 2.73. The Kier molecular flexibility index (Phi) is 1.40. The molecule has 0 saturated heterocycles. The zero-order valence-electron chi connectivity index (χ0n) is 6.51. The molecule has 0 spiro atoms. The lowest BCUT2D eigenvalue weighted by Gasteiger charge is -2.07. The molecule has 1 fully saturated rings. The van der Waals surface area contributed by atoms with E-state index >= 15 is 0 Å². The lowest BCUT2D eigenvalue weighted by molar-refractivity contribution is 0.671. The molecule has 0 aliphatic heterocycles. The Bertz CT molecular complexity index is 186. The second kappa shape index (κ2) is 2.26. The van der Waals surface area contributed by atoms with Crippen molar-refractivity contribution >= 4 is 0 Å². The summed E-state index contributed by atoms with van der Waals surface area (Å²) in [4.78, 5) is 0. The Morgan fingerprint density at radius 2 is 2.40 bits per heavy atom. The number of hydrogen-bond donors (Lipinski definition) is 0. The molecule has 0 aromatic rings. The third-order valence-corrected chi connectivity index (χ3v) is 2.73. The number of rotatable bonds is 1. The molecule has 0 aromatic heterocycles. The van der Waals surface area contributed by atoms with Crippen molar-refractivity contribution < 1.29 is 0 Å². The molecule has 0 aromatic carbocycles. The van der Waals surface area contributed by atoms with Gasteiger partial charge in [-0.2, -0.15) is 0 Å². The van der Waals surface area contributed by atoms with E-state index in [0.29, 0.717) is 0 Å². The van der Waals surface area contributed by atoms with Crippen molar-refractivity contribution in [2.75, 3.05) is 0 Å². The summed E-state index contributed by atoms with van der Waals surface area (Å²) < 4.78 is 0. The summed E-state index contributed by atoms with van der Waals surface area (Å²) in [6.07, 6.45) is 11.2. The highest BCUT2D eigenvalue weighted by molar-refractivity contribution is 5.29. The SMILES string of the molecule is CC=CC1=C[C@H]2CC[C@H]1C2. The second-order valence-corrected chi connectivity index (χ2v) is 3.44. The molecular weight excluding hydrogens is 120 g/mol. The van der Waals surface area contributed by atoms with E-state index in [1.54, 1.807) is 5.57 Å². The van der Waals surface area contributed by atoms with Gasteiger partial charge in [0.25, 0.3) is 0 Å². The minimum absolute atomic E-state index is 0.932. The summed E-state index contributed by atoms with van der Waals surface area (Å²) in [5.74, 6) is 1.87. The molecule has 0 heterocycles. The summed E-state index contributed by atoms with van der Waals surface area (Å²) >= 11 is 0. The van der Waals surface area contributed by atoms with Gasteiger partial charge in [-0.05, 0) is 43.6 Å².